The second-order valence-corrected chi connectivity index (χ2v) is 7.96. The molecule has 0 spiro atoms. The van der Waals surface area contributed by atoms with Gasteiger partial charge in [0, 0.05) is 17.6 Å². The monoisotopic (exact) mass is 462 g/mol. The Morgan fingerprint density at radius 2 is 1.70 bits per heavy atom. The predicted octanol–water partition coefficient (Wildman–Crippen LogP) is 6.25. The van der Waals surface area contributed by atoms with Gasteiger partial charge in [0.1, 0.15) is 5.02 Å². The molecule has 0 fully saturated rings. The molecule has 1 unspecified atom stereocenters. The second kappa shape index (κ2) is 9.79. The number of amides is 2. The molecule has 0 radical (unpaired) electrons. The number of benzene rings is 3. The van der Waals surface area contributed by atoms with Crippen LogP contribution in [-0.2, 0) is 6.54 Å². The lowest BCUT2D eigenvalue weighted by molar-refractivity contribution is 0.189. The van der Waals surface area contributed by atoms with Gasteiger partial charge in [-0.25, -0.2) is 9.59 Å². The van der Waals surface area contributed by atoms with Gasteiger partial charge >= 0.3 is 17.6 Å². The van der Waals surface area contributed by atoms with Crippen LogP contribution in [0.4, 0.5) is 10.5 Å². The zero-order chi connectivity index (χ0) is 23.4. The molecule has 0 aliphatic carbocycles. The summed E-state index contributed by atoms with van der Waals surface area (Å²) in [6.45, 7) is 2.40. The molecule has 0 saturated heterocycles. The maximum Gasteiger partial charge on any atom is 0.346 e. The highest BCUT2D eigenvalue weighted by Gasteiger charge is 2.22. The van der Waals surface area contributed by atoms with Crippen LogP contribution in [0.2, 0.25) is 5.02 Å². The van der Waals surface area contributed by atoms with Crippen molar-refractivity contribution in [2.45, 2.75) is 19.5 Å². The van der Waals surface area contributed by atoms with Crippen molar-refractivity contribution in [3.05, 3.63) is 105 Å². The lowest BCUT2D eigenvalue weighted by atomic mass is 10.1. The normalized spacial score (nSPS) is 11.7. The van der Waals surface area contributed by atoms with Crippen LogP contribution in [0.1, 0.15) is 24.1 Å². The molecule has 168 valence electrons. The largest absolute Gasteiger partial charge is 0.467 e. The molecule has 0 bridgehead atoms. The molecule has 2 amide bonds. The molecule has 0 aliphatic heterocycles. The Hall–Kier alpha value is -3.77. The Bertz CT molecular complexity index is 1320. The number of hydrogen-bond acceptors (Lipinski definition) is 4. The maximum absolute atomic E-state index is 13.4. The van der Waals surface area contributed by atoms with E-state index in [0.29, 0.717) is 17.6 Å². The van der Waals surface area contributed by atoms with Crippen molar-refractivity contribution in [1.82, 2.24) is 4.90 Å². The van der Waals surface area contributed by atoms with Gasteiger partial charge in [0.15, 0.2) is 0 Å². The Labute approximate surface area is 196 Å². The van der Waals surface area contributed by atoms with Gasteiger partial charge < -0.3 is 19.4 Å². The van der Waals surface area contributed by atoms with Crippen LogP contribution in [0.25, 0.3) is 10.8 Å². The number of hydrogen-bond donors (Lipinski definition) is 1. The van der Waals surface area contributed by atoms with E-state index in [9.17, 15) is 9.59 Å². The van der Waals surface area contributed by atoms with Crippen molar-refractivity contribution in [2.24, 2.45) is 0 Å². The summed E-state index contributed by atoms with van der Waals surface area (Å²) >= 11 is 6.27. The van der Waals surface area contributed by atoms with Crippen LogP contribution in [0.5, 0.6) is 5.95 Å². The van der Waals surface area contributed by atoms with Crippen LogP contribution in [-0.4, -0.2) is 18.0 Å². The van der Waals surface area contributed by atoms with E-state index in [1.807, 2.05) is 67.6 Å². The van der Waals surface area contributed by atoms with E-state index >= 15 is 0 Å². The molecule has 33 heavy (non-hydrogen) atoms. The van der Waals surface area contributed by atoms with E-state index in [1.165, 1.54) is 7.11 Å². The second-order valence-electron chi connectivity index (χ2n) is 7.59. The third-order valence-electron chi connectivity index (χ3n) is 5.48. The summed E-state index contributed by atoms with van der Waals surface area (Å²) < 4.78 is 10.1. The number of anilines is 1. The Morgan fingerprint density at radius 1 is 1.03 bits per heavy atom. The first kappa shape index (κ1) is 22.4. The lowest BCUT2D eigenvalue weighted by Gasteiger charge is -2.30. The number of rotatable bonds is 6. The highest BCUT2D eigenvalue weighted by molar-refractivity contribution is 6.36. The quantitative estimate of drug-likeness (QED) is 0.367. The van der Waals surface area contributed by atoms with Gasteiger partial charge in [-0.15, -0.1) is 0 Å². The number of carbonyl (C=O) groups excluding carboxylic acids is 1. The lowest BCUT2D eigenvalue weighted by Crippen LogP contribution is -2.36. The van der Waals surface area contributed by atoms with Crippen LogP contribution < -0.4 is 15.7 Å². The van der Waals surface area contributed by atoms with Crippen LogP contribution in [0.3, 0.4) is 0 Å². The van der Waals surface area contributed by atoms with Crippen molar-refractivity contribution >= 4 is 34.1 Å². The highest BCUT2D eigenvalue weighted by Crippen LogP contribution is 2.32. The molecule has 1 atom stereocenters. The van der Waals surface area contributed by atoms with Crippen molar-refractivity contribution < 1.29 is 13.9 Å². The molecule has 0 saturated carbocycles. The minimum atomic E-state index is -0.596. The van der Waals surface area contributed by atoms with E-state index in [2.05, 4.69) is 5.32 Å². The minimum absolute atomic E-state index is 0.0447. The Morgan fingerprint density at radius 3 is 2.36 bits per heavy atom. The molecule has 1 aromatic heterocycles. The summed E-state index contributed by atoms with van der Waals surface area (Å²) in [4.78, 5) is 27.5. The van der Waals surface area contributed by atoms with E-state index < -0.39 is 5.63 Å². The summed E-state index contributed by atoms with van der Waals surface area (Å²) in [5.41, 5.74) is 1.88. The molecule has 7 heteroatoms. The molecule has 0 aliphatic rings. The summed E-state index contributed by atoms with van der Waals surface area (Å²) in [6.07, 6.45) is 0. The van der Waals surface area contributed by atoms with Gasteiger partial charge in [0.25, 0.3) is 0 Å². The molecule has 1 heterocycles. The Balaban J connectivity index is 1.65. The van der Waals surface area contributed by atoms with Crippen molar-refractivity contribution in [2.75, 3.05) is 12.4 Å². The zero-order valence-electron chi connectivity index (χ0n) is 18.2. The molecular weight excluding hydrogens is 440 g/mol. The highest BCUT2D eigenvalue weighted by atomic mass is 35.5. The SMILES string of the molecule is COc1oc(=O)c2cc(NC(=O)N(Cc3ccccc3)C(C)c3ccccc3)ccc2c1Cl. The van der Waals surface area contributed by atoms with Gasteiger partial charge in [0.05, 0.1) is 18.5 Å². The first-order valence-corrected chi connectivity index (χ1v) is 10.8. The van der Waals surface area contributed by atoms with Crippen LogP contribution in [0, 0.1) is 0 Å². The van der Waals surface area contributed by atoms with Crippen molar-refractivity contribution in [1.29, 1.82) is 0 Å². The standard InChI is InChI=1S/C26H23ClN2O4/c1-17(19-11-7-4-8-12-19)29(16-18-9-5-3-6-10-18)26(31)28-20-13-14-21-22(15-20)24(30)33-25(32-2)23(21)27/h3-15,17H,16H2,1-2H3,(H,28,31). The van der Waals surface area contributed by atoms with Gasteiger partial charge in [0.2, 0.25) is 0 Å². The summed E-state index contributed by atoms with van der Waals surface area (Å²) in [5, 5.41) is 3.86. The smallest absolute Gasteiger partial charge is 0.346 e. The predicted molar refractivity (Wildman–Crippen MR) is 130 cm³/mol. The first-order valence-electron chi connectivity index (χ1n) is 10.4. The molecule has 3 aromatic carbocycles. The average Bonchev–Trinajstić information content (AvgIpc) is 2.85. The number of carbonyl (C=O) groups is 1. The summed E-state index contributed by atoms with van der Waals surface area (Å²) in [5.74, 6) is -0.0447. The fraction of sp³-hybridized carbons (Fsp3) is 0.154. The number of fused-ring (bicyclic) bond motifs is 1. The third kappa shape index (κ3) is 4.86. The molecule has 4 aromatic rings. The molecular formula is C26H23ClN2O4. The summed E-state index contributed by atoms with van der Waals surface area (Å²) in [6, 6.07) is 24.0. The van der Waals surface area contributed by atoms with Crippen molar-refractivity contribution in [3.8, 4) is 5.95 Å². The van der Waals surface area contributed by atoms with Crippen LogP contribution in [0.15, 0.2) is 88.1 Å². The third-order valence-corrected chi connectivity index (χ3v) is 5.84. The maximum atomic E-state index is 13.4. The molecule has 6 nitrogen and oxygen atoms in total. The van der Waals surface area contributed by atoms with Gasteiger partial charge in [-0.3, -0.25) is 0 Å². The van der Waals surface area contributed by atoms with Gasteiger partial charge in [-0.1, -0.05) is 78.3 Å². The van der Waals surface area contributed by atoms with Crippen LogP contribution >= 0.6 is 11.6 Å². The fourth-order valence-corrected chi connectivity index (χ4v) is 3.96. The Kier molecular flexibility index (Phi) is 6.66. The van der Waals surface area contributed by atoms with E-state index in [-0.39, 0.29) is 28.4 Å². The number of urea groups is 1. The summed E-state index contributed by atoms with van der Waals surface area (Å²) in [7, 11) is 1.37. The van der Waals surface area contributed by atoms with E-state index in [1.54, 1.807) is 23.1 Å². The molecule has 4 rings (SSSR count). The number of halogens is 1. The number of methoxy groups -OCH3 is 1. The number of nitrogens with zero attached hydrogens (tertiary/aromatic N) is 1. The van der Waals surface area contributed by atoms with Gasteiger partial charge in [-0.05, 0) is 30.2 Å². The fourth-order valence-electron chi connectivity index (χ4n) is 3.68. The average molecular weight is 463 g/mol. The topological polar surface area (TPSA) is 71.8 Å². The van der Waals surface area contributed by atoms with E-state index in [4.69, 9.17) is 20.8 Å². The minimum Gasteiger partial charge on any atom is -0.467 e. The van der Waals surface area contributed by atoms with Gasteiger partial charge in [-0.2, -0.15) is 0 Å². The number of ether oxygens (including phenoxy) is 1. The van der Waals surface area contributed by atoms with Crippen molar-refractivity contribution in [3.63, 3.8) is 0 Å². The zero-order valence-corrected chi connectivity index (χ0v) is 19.0. The number of nitrogens with one attached hydrogen (secondary N) is 1. The molecule has 1 N–H and O–H groups in total. The first-order chi connectivity index (χ1) is 16.0. The van der Waals surface area contributed by atoms with E-state index in [0.717, 1.165) is 11.1 Å².